The minimum absolute atomic E-state index is 0.353. The number of hydrogen-bond donors (Lipinski definition) is 0. The molecule has 0 bridgehead atoms. The van der Waals surface area contributed by atoms with Gasteiger partial charge in [0.15, 0.2) is 5.75 Å². The lowest BCUT2D eigenvalue weighted by molar-refractivity contribution is -0.0501. The van der Waals surface area contributed by atoms with Crippen molar-refractivity contribution in [1.82, 2.24) is 4.98 Å². The summed E-state index contributed by atoms with van der Waals surface area (Å²) in [5.74, 6) is -2.73. The summed E-state index contributed by atoms with van der Waals surface area (Å²) in [4.78, 5) is 2.88. The second-order valence-corrected chi connectivity index (χ2v) is 4.33. The van der Waals surface area contributed by atoms with Crippen LogP contribution in [-0.2, 0) is 10.1 Å². The zero-order valence-corrected chi connectivity index (χ0v) is 8.70. The van der Waals surface area contributed by atoms with Crippen LogP contribution in [-0.4, -0.2) is 18.9 Å². The molecule has 0 amide bonds. The van der Waals surface area contributed by atoms with Crippen molar-refractivity contribution in [3.8, 4) is 5.75 Å². The van der Waals surface area contributed by atoms with Crippen molar-refractivity contribution >= 4 is 21.7 Å². The number of nitrogens with zero attached hydrogens (tertiary/aromatic N) is 1. The van der Waals surface area contributed by atoms with Crippen LogP contribution < -0.4 is 4.18 Å². The fourth-order valence-corrected chi connectivity index (χ4v) is 1.22. The van der Waals surface area contributed by atoms with Crippen LogP contribution in [0.5, 0.6) is 5.75 Å². The largest absolute Gasteiger partial charge is 0.534 e. The molecule has 0 aliphatic carbocycles. The third-order valence-corrected chi connectivity index (χ3v) is 2.44. The quantitative estimate of drug-likeness (QED) is 0.360. The van der Waals surface area contributed by atoms with Gasteiger partial charge in [-0.1, -0.05) is 11.6 Å². The molecule has 0 saturated carbocycles. The van der Waals surface area contributed by atoms with Gasteiger partial charge in [-0.05, 0) is 12.1 Å². The predicted molar refractivity (Wildman–Crippen MR) is 44.8 cm³/mol. The predicted octanol–water partition coefficient (Wildman–Crippen LogP) is 2.10. The van der Waals surface area contributed by atoms with Crippen LogP contribution in [0.2, 0.25) is 5.15 Å². The monoisotopic (exact) mass is 279 g/mol. The molecule has 0 aliphatic heterocycles. The van der Waals surface area contributed by atoms with Gasteiger partial charge in [-0.3, -0.25) is 0 Å². The summed E-state index contributed by atoms with van der Waals surface area (Å²) in [5.41, 5.74) is -5.64. The van der Waals surface area contributed by atoms with Crippen molar-refractivity contribution in [2.75, 3.05) is 0 Å². The zero-order chi connectivity index (χ0) is 12.6. The molecule has 1 heterocycles. The zero-order valence-electron chi connectivity index (χ0n) is 7.12. The highest BCUT2D eigenvalue weighted by atomic mass is 35.5. The lowest BCUT2D eigenvalue weighted by Crippen LogP contribution is -2.28. The summed E-state index contributed by atoms with van der Waals surface area (Å²) in [5, 5.41) is -0.353. The van der Waals surface area contributed by atoms with E-state index in [1.54, 1.807) is 0 Å². The molecule has 1 aromatic rings. The normalized spacial score (nSPS) is 12.6. The maximum Gasteiger partial charge on any atom is 0.534 e. The number of pyridine rings is 1. The Labute approximate surface area is 91.9 Å². The van der Waals surface area contributed by atoms with Crippen molar-refractivity contribution in [1.29, 1.82) is 0 Å². The molecule has 90 valence electrons. The lowest BCUT2D eigenvalue weighted by Gasteiger charge is -2.09. The van der Waals surface area contributed by atoms with Gasteiger partial charge >= 0.3 is 15.6 Å². The SMILES string of the molecule is O=S(=O)(Oc1ccc(Cl)nc1F)C(F)(F)F. The van der Waals surface area contributed by atoms with E-state index in [2.05, 4.69) is 9.17 Å². The molecule has 0 N–H and O–H groups in total. The van der Waals surface area contributed by atoms with Crippen LogP contribution in [0, 0.1) is 5.95 Å². The van der Waals surface area contributed by atoms with Crippen molar-refractivity contribution in [3.63, 3.8) is 0 Å². The van der Waals surface area contributed by atoms with Crippen molar-refractivity contribution in [2.24, 2.45) is 0 Å². The Balaban J connectivity index is 3.07. The highest BCUT2D eigenvalue weighted by Crippen LogP contribution is 2.28. The summed E-state index contributed by atoms with van der Waals surface area (Å²) in [6, 6.07) is 1.50. The third-order valence-electron chi connectivity index (χ3n) is 1.26. The topological polar surface area (TPSA) is 56.3 Å². The molecule has 1 rings (SSSR count). The molecule has 1 aromatic heterocycles. The lowest BCUT2D eigenvalue weighted by atomic mass is 10.5. The summed E-state index contributed by atoms with van der Waals surface area (Å²) >= 11 is 5.20. The smallest absolute Gasteiger partial charge is 0.371 e. The number of hydrogen-bond acceptors (Lipinski definition) is 4. The van der Waals surface area contributed by atoms with E-state index in [0.717, 1.165) is 6.07 Å². The second-order valence-electron chi connectivity index (χ2n) is 2.41. The molecular weight excluding hydrogens is 278 g/mol. The molecule has 0 saturated heterocycles. The maximum atomic E-state index is 12.8. The highest BCUT2D eigenvalue weighted by molar-refractivity contribution is 7.87. The molecule has 4 nitrogen and oxygen atoms in total. The first kappa shape index (κ1) is 13.0. The molecular formula is C6H2ClF4NO3S. The van der Waals surface area contributed by atoms with Gasteiger partial charge in [0.1, 0.15) is 5.15 Å². The van der Waals surface area contributed by atoms with E-state index in [1.165, 1.54) is 0 Å². The average Bonchev–Trinajstić information content (AvgIpc) is 2.08. The summed E-state index contributed by atoms with van der Waals surface area (Å²) in [6.07, 6.45) is 0. The Kier molecular flexibility index (Phi) is 3.29. The van der Waals surface area contributed by atoms with Gasteiger partial charge in [-0.2, -0.15) is 26.0 Å². The van der Waals surface area contributed by atoms with Crippen molar-refractivity contribution < 1.29 is 30.2 Å². The fraction of sp³-hybridized carbons (Fsp3) is 0.167. The molecule has 0 fully saturated rings. The van der Waals surface area contributed by atoms with Crippen LogP contribution >= 0.6 is 11.6 Å². The first-order chi connectivity index (χ1) is 7.13. The summed E-state index contributed by atoms with van der Waals surface area (Å²) < 4.78 is 72.8. The molecule has 0 unspecified atom stereocenters. The standard InChI is InChI=1S/C6H2ClF4NO3S/c7-4-2-1-3(5(8)12-4)15-16(13,14)6(9,10)11/h1-2H. The number of alkyl halides is 3. The average molecular weight is 280 g/mol. The van der Waals surface area contributed by atoms with E-state index in [4.69, 9.17) is 11.6 Å². The van der Waals surface area contributed by atoms with E-state index >= 15 is 0 Å². The summed E-state index contributed by atoms with van der Waals surface area (Å²) in [6.45, 7) is 0. The van der Waals surface area contributed by atoms with Gasteiger partial charge in [0.05, 0.1) is 0 Å². The van der Waals surface area contributed by atoms with Crippen LogP contribution in [0.1, 0.15) is 0 Å². The molecule has 10 heteroatoms. The van der Waals surface area contributed by atoms with Crippen LogP contribution in [0.25, 0.3) is 0 Å². The molecule has 0 radical (unpaired) electrons. The highest BCUT2D eigenvalue weighted by Gasteiger charge is 2.49. The van der Waals surface area contributed by atoms with E-state index in [-0.39, 0.29) is 5.15 Å². The van der Waals surface area contributed by atoms with Crippen molar-refractivity contribution in [3.05, 3.63) is 23.2 Å². The van der Waals surface area contributed by atoms with Crippen LogP contribution in [0.4, 0.5) is 17.6 Å². The molecule has 0 aliphatic rings. The van der Waals surface area contributed by atoms with Crippen LogP contribution in [0.15, 0.2) is 12.1 Å². The first-order valence-corrected chi connectivity index (χ1v) is 5.25. The van der Waals surface area contributed by atoms with Gasteiger partial charge in [-0.25, -0.2) is 4.98 Å². The Morgan fingerprint density at radius 2 is 1.88 bits per heavy atom. The second kappa shape index (κ2) is 4.06. The van der Waals surface area contributed by atoms with E-state index in [9.17, 15) is 26.0 Å². The third kappa shape index (κ3) is 2.73. The Morgan fingerprint density at radius 1 is 1.31 bits per heavy atom. The molecule has 0 aromatic carbocycles. The number of rotatable bonds is 2. The Morgan fingerprint density at radius 3 is 2.31 bits per heavy atom. The molecule has 0 spiro atoms. The van der Waals surface area contributed by atoms with Crippen molar-refractivity contribution in [2.45, 2.75) is 5.51 Å². The molecule has 0 atom stereocenters. The summed E-state index contributed by atoms with van der Waals surface area (Å²) in [7, 11) is -5.91. The Hall–Kier alpha value is -1.09. The van der Waals surface area contributed by atoms with Gasteiger partial charge in [0, 0.05) is 0 Å². The Bertz CT molecular complexity index is 501. The van der Waals surface area contributed by atoms with Gasteiger partial charge in [0.25, 0.3) is 5.95 Å². The minimum Gasteiger partial charge on any atom is -0.371 e. The number of halogens is 5. The molecule has 16 heavy (non-hydrogen) atoms. The fourth-order valence-electron chi connectivity index (χ4n) is 0.627. The van der Waals surface area contributed by atoms with Gasteiger partial charge in [0.2, 0.25) is 0 Å². The van der Waals surface area contributed by atoms with Crippen LogP contribution in [0.3, 0.4) is 0 Å². The first-order valence-electron chi connectivity index (χ1n) is 3.46. The maximum absolute atomic E-state index is 12.8. The van der Waals surface area contributed by atoms with Gasteiger partial charge in [-0.15, -0.1) is 0 Å². The minimum atomic E-state index is -5.91. The van der Waals surface area contributed by atoms with Gasteiger partial charge < -0.3 is 4.18 Å². The van der Waals surface area contributed by atoms with E-state index in [0.29, 0.717) is 6.07 Å². The number of aromatic nitrogens is 1. The van der Waals surface area contributed by atoms with E-state index < -0.39 is 27.3 Å². The van der Waals surface area contributed by atoms with E-state index in [1.807, 2.05) is 0 Å².